The van der Waals surface area contributed by atoms with Crippen molar-refractivity contribution in [2.75, 3.05) is 0 Å². The molecule has 0 radical (unpaired) electrons. The minimum Gasteiger partial charge on any atom is -0.347 e. The number of benzene rings is 1. The van der Waals surface area contributed by atoms with E-state index in [4.69, 9.17) is 0 Å². The Hall–Kier alpha value is -2.10. The number of fused-ring (bicyclic) bond motifs is 1. The predicted octanol–water partition coefficient (Wildman–Crippen LogP) is 2.78. The molecule has 1 heterocycles. The zero-order chi connectivity index (χ0) is 14.7. The van der Waals surface area contributed by atoms with Gasteiger partial charge < -0.3 is 10.3 Å². The summed E-state index contributed by atoms with van der Waals surface area (Å²) in [4.78, 5) is 19.9. The van der Waals surface area contributed by atoms with E-state index in [-0.39, 0.29) is 17.9 Å². The van der Waals surface area contributed by atoms with E-state index in [1.165, 1.54) is 11.1 Å². The van der Waals surface area contributed by atoms with Crippen molar-refractivity contribution in [1.29, 1.82) is 0 Å². The Bertz CT molecular complexity index is 606. The number of carbonyl (C=O) groups is 1. The van der Waals surface area contributed by atoms with E-state index in [1.54, 1.807) is 12.4 Å². The summed E-state index contributed by atoms with van der Waals surface area (Å²) in [5, 5.41) is 3.14. The minimum atomic E-state index is -0.0235. The van der Waals surface area contributed by atoms with E-state index >= 15 is 0 Å². The summed E-state index contributed by atoms with van der Waals surface area (Å²) in [6.07, 6.45) is 7.12. The molecule has 4 nitrogen and oxygen atoms in total. The molecule has 0 fully saturated rings. The predicted molar refractivity (Wildman–Crippen MR) is 81.7 cm³/mol. The second kappa shape index (κ2) is 6.12. The van der Waals surface area contributed by atoms with E-state index in [1.807, 2.05) is 0 Å². The molecule has 2 N–H and O–H groups in total. The number of aromatic nitrogens is 2. The maximum Gasteiger partial charge on any atom is 0.224 e. The van der Waals surface area contributed by atoms with E-state index in [0.29, 0.717) is 0 Å². The standard InChI is InChI=1S/C17H21N3O/c1-2-15(16-18-9-10-19-16)20-17(21)14-8-7-12-5-3-4-6-13(12)11-14/h3-6,9-10,14-15H,2,7-8,11H2,1H3,(H,18,19)(H,20,21). The molecule has 0 saturated carbocycles. The third-order valence-corrected chi connectivity index (χ3v) is 4.29. The molecule has 1 aromatic carbocycles. The van der Waals surface area contributed by atoms with Crippen molar-refractivity contribution >= 4 is 5.91 Å². The normalized spacial score (nSPS) is 18.8. The molecule has 1 aromatic heterocycles. The smallest absolute Gasteiger partial charge is 0.224 e. The van der Waals surface area contributed by atoms with Gasteiger partial charge in [0.2, 0.25) is 5.91 Å². The SMILES string of the molecule is CCC(NC(=O)C1CCc2ccccc2C1)c1ncc[nH]1. The zero-order valence-electron chi connectivity index (χ0n) is 12.3. The largest absolute Gasteiger partial charge is 0.347 e. The van der Waals surface area contributed by atoms with Crippen LogP contribution in [0.25, 0.3) is 0 Å². The van der Waals surface area contributed by atoms with Crippen molar-refractivity contribution in [3.63, 3.8) is 0 Å². The van der Waals surface area contributed by atoms with Crippen LogP contribution in [0.2, 0.25) is 0 Å². The van der Waals surface area contributed by atoms with Gasteiger partial charge in [-0.1, -0.05) is 31.2 Å². The fraction of sp³-hybridized carbons (Fsp3) is 0.412. The van der Waals surface area contributed by atoms with Crippen molar-refractivity contribution in [1.82, 2.24) is 15.3 Å². The first kappa shape index (κ1) is 13.9. The Kier molecular flexibility index (Phi) is 4.04. The van der Waals surface area contributed by atoms with Crippen molar-refractivity contribution < 1.29 is 4.79 Å². The van der Waals surface area contributed by atoms with Crippen LogP contribution in [0.1, 0.15) is 42.8 Å². The van der Waals surface area contributed by atoms with Crippen molar-refractivity contribution in [3.8, 4) is 0 Å². The van der Waals surface area contributed by atoms with Crippen LogP contribution in [0.3, 0.4) is 0 Å². The molecule has 110 valence electrons. The van der Waals surface area contributed by atoms with Gasteiger partial charge in [-0.3, -0.25) is 4.79 Å². The molecule has 0 aliphatic heterocycles. The third-order valence-electron chi connectivity index (χ3n) is 4.29. The van der Waals surface area contributed by atoms with Gasteiger partial charge in [0.15, 0.2) is 0 Å². The molecule has 1 aliphatic carbocycles. The first-order valence-electron chi connectivity index (χ1n) is 7.64. The Balaban J connectivity index is 1.66. The highest BCUT2D eigenvalue weighted by Crippen LogP contribution is 2.26. The van der Waals surface area contributed by atoms with Crippen LogP contribution in [-0.2, 0) is 17.6 Å². The summed E-state index contributed by atoms with van der Waals surface area (Å²) in [6, 6.07) is 8.41. The van der Waals surface area contributed by atoms with Crippen molar-refractivity contribution in [3.05, 3.63) is 53.6 Å². The molecule has 4 heteroatoms. The Labute approximate surface area is 125 Å². The molecule has 1 amide bonds. The molecule has 21 heavy (non-hydrogen) atoms. The van der Waals surface area contributed by atoms with Gasteiger partial charge in [-0.25, -0.2) is 4.98 Å². The Morgan fingerprint density at radius 1 is 1.43 bits per heavy atom. The van der Waals surface area contributed by atoms with Gasteiger partial charge in [-0.2, -0.15) is 0 Å². The van der Waals surface area contributed by atoms with E-state index in [2.05, 4.69) is 46.5 Å². The first-order valence-corrected chi connectivity index (χ1v) is 7.64. The lowest BCUT2D eigenvalue weighted by molar-refractivity contribution is -0.126. The average Bonchev–Trinajstić information content (AvgIpc) is 3.06. The number of nitrogens with zero attached hydrogens (tertiary/aromatic N) is 1. The molecular weight excluding hydrogens is 262 g/mol. The van der Waals surface area contributed by atoms with Gasteiger partial charge in [-0.15, -0.1) is 0 Å². The van der Waals surface area contributed by atoms with Crippen LogP contribution in [-0.4, -0.2) is 15.9 Å². The van der Waals surface area contributed by atoms with Crippen molar-refractivity contribution in [2.45, 2.75) is 38.6 Å². The lowest BCUT2D eigenvalue weighted by atomic mass is 9.83. The number of hydrogen-bond donors (Lipinski definition) is 2. The van der Waals surface area contributed by atoms with Gasteiger partial charge in [-0.05, 0) is 36.8 Å². The molecule has 2 atom stereocenters. The molecule has 0 saturated heterocycles. The number of hydrogen-bond acceptors (Lipinski definition) is 2. The summed E-state index contributed by atoms with van der Waals surface area (Å²) in [7, 11) is 0. The number of rotatable bonds is 4. The fourth-order valence-corrected chi connectivity index (χ4v) is 3.04. The van der Waals surface area contributed by atoms with Crippen LogP contribution in [0.4, 0.5) is 0 Å². The molecule has 2 aromatic rings. The molecule has 0 bridgehead atoms. The van der Waals surface area contributed by atoms with Gasteiger partial charge in [0.1, 0.15) is 5.82 Å². The van der Waals surface area contributed by atoms with E-state index in [9.17, 15) is 4.79 Å². The first-order chi connectivity index (χ1) is 10.3. The lowest BCUT2D eigenvalue weighted by Gasteiger charge is -2.25. The van der Waals surface area contributed by atoms with Gasteiger partial charge in [0, 0.05) is 18.3 Å². The summed E-state index contributed by atoms with van der Waals surface area (Å²) in [5.41, 5.74) is 2.70. The highest BCUT2D eigenvalue weighted by atomic mass is 16.1. The van der Waals surface area contributed by atoms with E-state index in [0.717, 1.165) is 31.5 Å². The second-order valence-corrected chi connectivity index (χ2v) is 5.65. The van der Waals surface area contributed by atoms with Gasteiger partial charge in [0.25, 0.3) is 0 Å². The second-order valence-electron chi connectivity index (χ2n) is 5.65. The highest BCUT2D eigenvalue weighted by molar-refractivity contribution is 5.79. The summed E-state index contributed by atoms with van der Waals surface area (Å²) < 4.78 is 0. The number of amides is 1. The zero-order valence-corrected chi connectivity index (χ0v) is 12.3. The molecule has 0 spiro atoms. The Morgan fingerprint density at radius 3 is 2.95 bits per heavy atom. The summed E-state index contributed by atoms with van der Waals surface area (Å²) >= 11 is 0. The molecule has 2 unspecified atom stereocenters. The number of nitrogens with one attached hydrogen (secondary N) is 2. The van der Waals surface area contributed by atoms with Gasteiger partial charge in [0.05, 0.1) is 6.04 Å². The quantitative estimate of drug-likeness (QED) is 0.906. The van der Waals surface area contributed by atoms with E-state index < -0.39 is 0 Å². The monoisotopic (exact) mass is 283 g/mol. The van der Waals surface area contributed by atoms with Crippen LogP contribution >= 0.6 is 0 Å². The molecule has 3 rings (SSSR count). The maximum atomic E-state index is 12.5. The topological polar surface area (TPSA) is 57.8 Å². The Morgan fingerprint density at radius 2 is 2.24 bits per heavy atom. The third kappa shape index (κ3) is 2.99. The minimum absolute atomic E-state index is 0.0235. The number of H-pyrrole nitrogens is 1. The van der Waals surface area contributed by atoms with Crippen LogP contribution in [0, 0.1) is 5.92 Å². The summed E-state index contributed by atoms with van der Waals surface area (Å²) in [5.74, 6) is 1.05. The number of aromatic amines is 1. The average molecular weight is 283 g/mol. The number of carbonyl (C=O) groups excluding carboxylic acids is 1. The fourth-order valence-electron chi connectivity index (χ4n) is 3.04. The lowest BCUT2D eigenvalue weighted by Crippen LogP contribution is -2.36. The number of imidazole rings is 1. The number of aryl methyl sites for hydroxylation is 1. The van der Waals surface area contributed by atoms with Crippen LogP contribution in [0.5, 0.6) is 0 Å². The molecule has 1 aliphatic rings. The van der Waals surface area contributed by atoms with Crippen molar-refractivity contribution in [2.24, 2.45) is 5.92 Å². The highest BCUT2D eigenvalue weighted by Gasteiger charge is 2.26. The summed E-state index contributed by atoms with van der Waals surface area (Å²) in [6.45, 7) is 2.06. The van der Waals surface area contributed by atoms with Gasteiger partial charge >= 0.3 is 0 Å². The maximum absolute atomic E-state index is 12.5. The molecular formula is C17H21N3O. The van der Waals surface area contributed by atoms with Crippen LogP contribution < -0.4 is 5.32 Å². The van der Waals surface area contributed by atoms with Crippen LogP contribution in [0.15, 0.2) is 36.7 Å².